The first-order valence-electron chi connectivity index (χ1n) is 8.84. The minimum absolute atomic E-state index is 0.276. The highest BCUT2D eigenvalue weighted by atomic mass is 31.2. The van der Waals surface area contributed by atoms with Gasteiger partial charge < -0.3 is 9.05 Å². The van der Waals surface area contributed by atoms with Crippen LogP contribution in [0.25, 0.3) is 0 Å². The molecule has 6 heteroatoms. The fourth-order valence-electron chi connectivity index (χ4n) is 2.23. The lowest BCUT2D eigenvalue weighted by molar-refractivity contribution is 0.291. The maximum atomic E-state index is 11.7. The van der Waals surface area contributed by atoms with E-state index in [0.717, 1.165) is 0 Å². The number of phosphoric acid groups is 1. The molecule has 0 heterocycles. The summed E-state index contributed by atoms with van der Waals surface area (Å²) in [6.07, 6.45) is 0. The smallest absolute Gasteiger partial charge is 0.395 e. The zero-order chi connectivity index (χ0) is 20.6. The fraction of sp³-hybridized carbons (Fsp3) is 0.182. The first-order valence-corrected chi connectivity index (χ1v) is 10.9. The second-order valence-electron chi connectivity index (χ2n) is 7.15. The van der Waals surface area contributed by atoms with Crippen molar-refractivity contribution in [3.05, 3.63) is 90.5 Å². The molecule has 0 saturated carbocycles. The molecule has 0 bridgehead atoms. The molecule has 0 aliphatic carbocycles. The molecule has 3 aromatic carbocycles. The van der Waals surface area contributed by atoms with Gasteiger partial charge in [-0.25, -0.2) is 4.57 Å². The average molecular weight is 416 g/mol. The van der Waals surface area contributed by atoms with Crippen LogP contribution in [-0.2, 0) is 9.98 Å². The van der Waals surface area contributed by atoms with Crippen molar-refractivity contribution in [2.75, 3.05) is 0 Å². The molecule has 0 radical (unpaired) electrons. The van der Waals surface area contributed by atoms with E-state index in [9.17, 15) is 9.46 Å². The minimum atomic E-state index is -4.14. The molecular formula is C22H26O4P2. The Labute approximate surface area is 169 Å². The number of para-hydroxylation sites is 2. The number of rotatable bonds is 4. The summed E-state index contributed by atoms with van der Waals surface area (Å²) in [6.45, 7) is 6.68. The van der Waals surface area contributed by atoms with E-state index in [1.165, 1.54) is 10.9 Å². The third kappa shape index (κ3) is 7.86. The van der Waals surface area contributed by atoms with Crippen LogP contribution in [0.15, 0.2) is 84.9 Å². The predicted octanol–water partition coefficient (Wildman–Crippen LogP) is 5.73. The number of hydrogen-bond acceptors (Lipinski definition) is 3. The molecule has 1 unspecified atom stereocenters. The molecule has 3 aromatic rings. The van der Waals surface area contributed by atoms with E-state index in [4.69, 9.17) is 9.05 Å². The van der Waals surface area contributed by atoms with E-state index in [0.29, 0.717) is 0 Å². The summed E-state index contributed by atoms with van der Waals surface area (Å²) in [5, 5.41) is 1.25. The molecule has 0 aliphatic heterocycles. The van der Waals surface area contributed by atoms with Crippen LogP contribution in [0, 0.1) is 0 Å². The van der Waals surface area contributed by atoms with Gasteiger partial charge in [0.05, 0.1) is 0 Å². The highest BCUT2D eigenvalue weighted by Gasteiger charge is 2.24. The first-order chi connectivity index (χ1) is 13.2. The van der Waals surface area contributed by atoms with Gasteiger partial charge in [0.2, 0.25) is 0 Å². The van der Waals surface area contributed by atoms with Gasteiger partial charge in [0.1, 0.15) is 11.5 Å². The second-order valence-corrected chi connectivity index (χ2v) is 9.12. The van der Waals surface area contributed by atoms with Gasteiger partial charge >= 0.3 is 7.82 Å². The van der Waals surface area contributed by atoms with Gasteiger partial charge in [-0.3, -0.25) is 4.89 Å². The van der Waals surface area contributed by atoms with Gasteiger partial charge in [0.25, 0.3) is 0 Å². The topological polar surface area (TPSA) is 55.8 Å². The zero-order valence-corrected chi connectivity index (χ0v) is 18.3. The summed E-state index contributed by atoms with van der Waals surface area (Å²) in [7, 11) is -1.44. The molecule has 0 aromatic heterocycles. The molecule has 28 heavy (non-hydrogen) atoms. The molecule has 4 nitrogen and oxygen atoms in total. The molecule has 1 N–H and O–H groups in total. The van der Waals surface area contributed by atoms with Crippen LogP contribution in [0.5, 0.6) is 11.5 Å². The first kappa shape index (κ1) is 22.2. The Kier molecular flexibility index (Phi) is 7.83. The van der Waals surface area contributed by atoms with Crippen molar-refractivity contribution in [1.82, 2.24) is 0 Å². The average Bonchev–Trinajstić information content (AvgIpc) is 2.63. The van der Waals surface area contributed by atoms with Crippen LogP contribution in [0.3, 0.4) is 0 Å². The Morgan fingerprint density at radius 1 is 0.750 bits per heavy atom. The van der Waals surface area contributed by atoms with E-state index in [-0.39, 0.29) is 16.9 Å². The molecule has 0 amide bonds. The van der Waals surface area contributed by atoms with Crippen molar-refractivity contribution in [2.24, 2.45) is 0 Å². The normalized spacial score (nSPS) is 11.2. The van der Waals surface area contributed by atoms with Crippen LogP contribution in [-0.4, -0.2) is 4.89 Å². The lowest BCUT2D eigenvalue weighted by Gasteiger charge is -2.18. The van der Waals surface area contributed by atoms with Crippen LogP contribution in [0.1, 0.15) is 26.3 Å². The lowest BCUT2D eigenvalue weighted by atomic mass is 9.87. The second kappa shape index (κ2) is 9.89. The molecule has 0 spiro atoms. The Morgan fingerprint density at radius 3 is 1.50 bits per heavy atom. The summed E-state index contributed by atoms with van der Waals surface area (Å²) in [5.41, 5.74) is 1.67. The zero-order valence-electron chi connectivity index (χ0n) is 16.3. The van der Waals surface area contributed by atoms with Crippen molar-refractivity contribution < 1.29 is 18.5 Å². The number of hydrogen-bond donors (Lipinski definition) is 1. The minimum Gasteiger partial charge on any atom is -0.395 e. The highest BCUT2D eigenvalue weighted by molar-refractivity contribution is 7.48. The van der Waals surface area contributed by atoms with Gasteiger partial charge in [0.15, 0.2) is 0 Å². The molecule has 0 saturated heterocycles. The quantitative estimate of drug-likeness (QED) is 0.552. The van der Waals surface area contributed by atoms with Crippen LogP contribution >= 0.6 is 17.1 Å². The third-order valence-electron chi connectivity index (χ3n) is 3.70. The Hall–Kier alpha value is -2.12. The van der Waals surface area contributed by atoms with E-state index >= 15 is 0 Å². The van der Waals surface area contributed by atoms with Gasteiger partial charge in [-0.05, 0) is 40.5 Å². The third-order valence-corrected chi connectivity index (χ3v) is 4.97. The molecule has 148 valence electrons. The predicted molar refractivity (Wildman–Crippen MR) is 118 cm³/mol. The Bertz CT molecular complexity index is 844. The van der Waals surface area contributed by atoms with Crippen molar-refractivity contribution in [2.45, 2.75) is 26.2 Å². The number of benzene rings is 3. The summed E-state index contributed by atoms with van der Waals surface area (Å²) in [4.78, 5) is 9.53. The summed E-state index contributed by atoms with van der Waals surface area (Å²) < 4.78 is 21.5. The molecule has 3 rings (SSSR count). The summed E-state index contributed by atoms with van der Waals surface area (Å²) in [6, 6.07) is 25.3. The SMILES string of the molecule is CC(C)(C)c1ccc(P)cc1.O=P(O)(Oc1ccccc1)Oc1ccccc1. The highest BCUT2D eigenvalue weighted by Crippen LogP contribution is 2.44. The standard InChI is InChI=1S/C12H11O4P.C10H15P/c13-17(14,15-11-7-3-1-4-8-11)16-12-9-5-2-6-10-12;1-10(2,3)8-4-6-9(11)7-5-8/h1-10H,(H,13,14);4-7H,11H2,1-3H3. The Balaban J connectivity index is 0.000000221. The maximum absolute atomic E-state index is 11.7. The Morgan fingerprint density at radius 2 is 1.14 bits per heavy atom. The van der Waals surface area contributed by atoms with E-state index < -0.39 is 7.82 Å². The fourth-order valence-corrected chi connectivity index (χ4v) is 3.24. The molecule has 0 fully saturated rings. The summed E-state index contributed by atoms with van der Waals surface area (Å²) >= 11 is 0. The van der Waals surface area contributed by atoms with E-state index in [1.54, 1.807) is 60.7 Å². The van der Waals surface area contributed by atoms with Crippen molar-refractivity contribution >= 4 is 22.4 Å². The lowest BCUT2D eigenvalue weighted by Crippen LogP contribution is -2.11. The van der Waals surface area contributed by atoms with Crippen molar-refractivity contribution in [3.8, 4) is 11.5 Å². The van der Waals surface area contributed by atoms with Gasteiger partial charge in [-0.15, -0.1) is 9.24 Å². The van der Waals surface area contributed by atoms with Crippen molar-refractivity contribution in [3.63, 3.8) is 0 Å². The summed E-state index contributed by atoms with van der Waals surface area (Å²) in [5.74, 6) is 0.573. The number of phosphoric ester groups is 1. The van der Waals surface area contributed by atoms with Gasteiger partial charge in [0, 0.05) is 0 Å². The van der Waals surface area contributed by atoms with Gasteiger partial charge in [-0.2, -0.15) is 0 Å². The van der Waals surface area contributed by atoms with Crippen LogP contribution < -0.4 is 14.4 Å². The largest absolute Gasteiger partial charge is 0.584 e. The van der Waals surface area contributed by atoms with Crippen molar-refractivity contribution in [1.29, 1.82) is 0 Å². The van der Waals surface area contributed by atoms with Crippen LogP contribution in [0.4, 0.5) is 0 Å². The van der Waals surface area contributed by atoms with E-state index in [1.807, 2.05) is 0 Å². The van der Waals surface area contributed by atoms with Gasteiger partial charge in [-0.1, -0.05) is 81.4 Å². The monoisotopic (exact) mass is 416 g/mol. The van der Waals surface area contributed by atoms with E-state index in [2.05, 4.69) is 54.3 Å². The maximum Gasteiger partial charge on any atom is 0.584 e. The molecular weight excluding hydrogens is 390 g/mol. The molecule has 1 atom stereocenters. The molecule has 0 aliphatic rings. The van der Waals surface area contributed by atoms with Crippen LogP contribution in [0.2, 0.25) is 0 Å².